The first-order valence-corrected chi connectivity index (χ1v) is 7.99. The monoisotopic (exact) mass is 306 g/mol. The minimum atomic E-state index is -0.636. The van der Waals surface area contributed by atoms with Crippen LogP contribution in [0, 0.1) is 5.95 Å². The van der Waals surface area contributed by atoms with Gasteiger partial charge in [0, 0.05) is 39.3 Å². The summed E-state index contributed by atoms with van der Waals surface area (Å²) in [4.78, 5) is 22.7. The van der Waals surface area contributed by atoms with Crippen molar-refractivity contribution >= 4 is 11.6 Å². The molecule has 5 nitrogen and oxygen atoms in total. The molecule has 0 radical (unpaired) electrons. The minimum absolute atomic E-state index is 0.113. The molecule has 6 heteroatoms. The van der Waals surface area contributed by atoms with Gasteiger partial charge in [0.25, 0.3) is 0 Å². The minimum Gasteiger partial charge on any atom is -0.357 e. The first-order valence-electron chi connectivity index (χ1n) is 7.99. The Balaban J connectivity index is 1.64. The Kier molecular flexibility index (Phi) is 4.69. The summed E-state index contributed by atoms with van der Waals surface area (Å²) in [5, 5.41) is 0. The maximum absolute atomic E-state index is 14.2. The van der Waals surface area contributed by atoms with Crippen LogP contribution in [0.2, 0.25) is 0 Å². The quantitative estimate of drug-likeness (QED) is 0.618. The van der Waals surface area contributed by atoms with Crippen molar-refractivity contribution in [3.05, 3.63) is 23.6 Å². The van der Waals surface area contributed by atoms with E-state index in [1.807, 2.05) is 0 Å². The second-order valence-corrected chi connectivity index (χ2v) is 6.20. The van der Waals surface area contributed by atoms with E-state index in [9.17, 15) is 9.18 Å². The summed E-state index contributed by atoms with van der Waals surface area (Å²) >= 11 is 0. The summed E-state index contributed by atoms with van der Waals surface area (Å²) in [7, 11) is 2.07. The number of aromatic nitrogens is 1. The van der Waals surface area contributed by atoms with Gasteiger partial charge in [-0.3, -0.25) is 9.69 Å². The van der Waals surface area contributed by atoms with E-state index in [2.05, 4.69) is 26.7 Å². The van der Waals surface area contributed by atoms with Crippen molar-refractivity contribution in [3.8, 4) is 0 Å². The SMILES string of the molecule is CN1CCN(CC(=O)c2ccc(N3CCCC3)nc2F)CC1. The van der Waals surface area contributed by atoms with Gasteiger partial charge >= 0.3 is 0 Å². The van der Waals surface area contributed by atoms with Crippen LogP contribution in [0.4, 0.5) is 10.2 Å². The second-order valence-electron chi connectivity index (χ2n) is 6.20. The highest BCUT2D eigenvalue weighted by atomic mass is 19.1. The molecule has 2 aliphatic heterocycles. The maximum Gasteiger partial charge on any atom is 0.225 e. The summed E-state index contributed by atoms with van der Waals surface area (Å²) in [5.41, 5.74) is 0.113. The number of carbonyl (C=O) groups excluding carboxylic acids is 1. The highest BCUT2D eigenvalue weighted by Gasteiger charge is 2.21. The standard InChI is InChI=1S/C16H23FN4O/c1-19-8-10-20(11-9-19)12-14(22)13-4-5-15(18-16(13)17)21-6-2-3-7-21/h4-5H,2-3,6-12H2,1H3. The number of hydrogen-bond donors (Lipinski definition) is 0. The number of piperazine rings is 1. The molecular formula is C16H23FN4O. The van der Waals surface area contributed by atoms with Crippen molar-refractivity contribution in [1.82, 2.24) is 14.8 Å². The van der Waals surface area contributed by atoms with Gasteiger partial charge in [0.15, 0.2) is 5.78 Å². The lowest BCUT2D eigenvalue weighted by Gasteiger charge is -2.31. The summed E-state index contributed by atoms with van der Waals surface area (Å²) in [6.07, 6.45) is 2.24. The first-order chi connectivity index (χ1) is 10.6. The molecule has 1 aromatic rings. The lowest BCUT2D eigenvalue weighted by atomic mass is 10.1. The van der Waals surface area contributed by atoms with Crippen LogP contribution in [0.3, 0.4) is 0 Å². The third kappa shape index (κ3) is 3.44. The molecule has 2 saturated heterocycles. The molecule has 0 saturated carbocycles. The summed E-state index contributed by atoms with van der Waals surface area (Å²) in [5.74, 6) is -0.169. The molecule has 0 bridgehead atoms. The lowest BCUT2D eigenvalue weighted by Crippen LogP contribution is -2.46. The Morgan fingerprint density at radius 1 is 1.14 bits per heavy atom. The van der Waals surface area contributed by atoms with Crippen molar-refractivity contribution < 1.29 is 9.18 Å². The fourth-order valence-electron chi connectivity index (χ4n) is 3.05. The van der Waals surface area contributed by atoms with Gasteiger partial charge < -0.3 is 9.80 Å². The van der Waals surface area contributed by atoms with Gasteiger partial charge in [0.2, 0.25) is 5.95 Å². The van der Waals surface area contributed by atoms with Crippen molar-refractivity contribution in [2.45, 2.75) is 12.8 Å². The zero-order valence-electron chi connectivity index (χ0n) is 13.1. The van der Waals surface area contributed by atoms with Gasteiger partial charge in [-0.15, -0.1) is 0 Å². The van der Waals surface area contributed by atoms with Crippen LogP contribution in [0.25, 0.3) is 0 Å². The Bertz CT molecular complexity index is 537. The third-order valence-electron chi connectivity index (χ3n) is 4.53. The largest absolute Gasteiger partial charge is 0.357 e. The fraction of sp³-hybridized carbons (Fsp3) is 0.625. The summed E-state index contributed by atoms with van der Waals surface area (Å²) in [6, 6.07) is 3.36. The van der Waals surface area contributed by atoms with E-state index in [1.54, 1.807) is 12.1 Å². The van der Waals surface area contributed by atoms with Crippen LogP contribution in [-0.4, -0.2) is 73.4 Å². The molecule has 2 aliphatic rings. The Labute approximate surface area is 130 Å². The third-order valence-corrected chi connectivity index (χ3v) is 4.53. The molecule has 22 heavy (non-hydrogen) atoms. The van der Waals surface area contributed by atoms with Crippen LogP contribution in [-0.2, 0) is 0 Å². The van der Waals surface area contributed by atoms with Gasteiger partial charge in [-0.2, -0.15) is 4.39 Å². The van der Waals surface area contributed by atoms with Gasteiger partial charge in [0.1, 0.15) is 5.82 Å². The molecule has 2 fully saturated rings. The first kappa shape index (κ1) is 15.4. The molecule has 0 aliphatic carbocycles. The molecular weight excluding hydrogens is 283 g/mol. The van der Waals surface area contributed by atoms with Crippen molar-refractivity contribution in [3.63, 3.8) is 0 Å². The smallest absolute Gasteiger partial charge is 0.225 e. The van der Waals surface area contributed by atoms with Crippen LogP contribution in [0.15, 0.2) is 12.1 Å². The van der Waals surface area contributed by atoms with E-state index >= 15 is 0 Å². The number of Topliss-reactive ketones (excluding diaryl/α,β-unsaturated/α-hetero) is 1. The molecule has 1 aromatic heterocycles. The highest BCUT2D eigenvalue weighted by Crippen LogP contribution is 2.19. The van der Waals surface area contributed by atoms with Crippen LogP contribution in [0.1, 0.15) is 23.2 Å². The van der Waals surface area contributed by atoms with Crippen molar-refractivity contribution in [2.24, 2.45) is 0 Å². The Morgan fingerprint density at radius 2 is 1.82 bits per heavy atom. The Morgan fingerprint density at radius 3 is 2.45 bits per heavy atom. The predicted molar refractivity (Wildman–Crippen MR) is 83.9 cm³/mol. The number of hydrogen-bond acceptors (Lipinski definition) is 5. The van der Waals surface area contributed by atoms with Crippen molar-refractivity contribution in [1.29, 1.82) is 0 Å². The lowest BCUT2D eigenvalue weighted by molar-refractivity contribution is 0.0871. The molecule has 0 unspecified atom stereocenters. The Hall–Kier alpha value is -1.53. The summed E-state index contributed by atoms with van der Waals surface area (Å²) < 4.78 is 14.2. The number of nitrogens with zero attached hydrogens (tertiary/aromatic N) is 4. The number of carbonyl (C=O) groups is 1. The molecule has 0 N–H and O–H groups in total. The van der Waals surface area contributed by atoms with Gasteiger partial charge in [-0.05, 0) is 32.0 Å². The van der Waals surface area contributed by atoms with Gasteiger partial charge in [-0.25, -0.2) is 4.98 Å². The van der Waals surface area contributed by atoms with E-state index in [0.717, 1.165) is 52.1 Å². The summed E-state index contributed by atoms with van der Waals surface area (Å²) in [6.45, 7) is 5.70. The van der Waals surface area contributed by atoms with Crippen LogP contribution < -0.4 is 4.90 Å². The average molecular weight is 306 g/mol. The number of halogens is 1. The maximum atomic E-state index is 14.2. The van der Waals surface area contributed by atoms with E-state index in [0.29, 0.717) is 5.82 Å². The number of ketones is 1. The number of anilines is 1. The zero-order chi connectivity index (χ0) is 15.5. The second kappa shape index (κ2) is 6.71. The topological polar surface area (TPSA) is 39.7 Å². The van der Waals surface area contributed by atoms with E-state index in [-0.39, 0.29) is 17.9 Å². The van der Waals surface area contributed by atoms with Gasteiger partial charge in [-0.1, -0.05) is 0 Å². The van der Waals surface area contributed by atoms with Crippen LogP contribution in [0.5, 0.6) is 0 Å². The van der Waals surface area contributed by atoms with E-state index < -0.39 is 5.95 Å². The zero-order valence-corrected chi connectivity index (χ0v) is 13.1. The van der Waals surface area contributed by atoms with Crippen molar-refractivity contribution in [2.75, 3.05) is 57.8 Å². The number of likely N-dealkylation sites (N-methyl/N-ethyl adjacent to an activating group) is 1. The van der Waals surface area contributed by atoms with E-state index in [4.69, 9.17) is 0 Å². The molecule has 0 aromatic carbocycles. The number of pyridine rings is 1. The van der Waals surface area contributed by atoms with E-state index in [1.165, 1.54) is 0 Å². The van der Waals surface area contributed by atoms with Gasteiger partial charge in [0.05, 0.1) is 12.1 Å². The normalized spacial score (nSPS) is 20.5. The molecule has 3 rings (SSSR count). The number of rotatable bonds is 4. The molecule has 0 atom stereocenters. The average Bonchev–Trinajstić information content (AvgIpc) is 3.03. The molecule has 0 amide bonds. The van der Waals surface area contributed by atoms with Crippen LogP contribution >= 0.6 is 0 Å². The molecule has 120 valence electrons. The fourth-order valence-corrected chi connectivity index (χ4v) is 3.05. The highest BCUT2D eigenvalue weighted by molar-refractivity contribution is 5.97. The predicted octanol–water partition coefficient (Wildman–Crippen LogP) is 1.25. The molecule has 0 spiro atoms. The molecule has 3 heterocycles.